The van der Waals surface area contributed by atoms with Gasteiger partial charge < -0.3 is 10.1 Å². The van der Waals surface area contributed by atoms with Crippen LogP contribution in [0.1, 0.15) is 30.9 Å². The molecule has 2 atom stereocenters. The van der Waals surface area contributed by atoms with Crippen LogP contribution < -0.4 is 5.32 Å². The number of ether oxygens (including phenoxy) is 1. The molecule has 1 saturated carbocycles. The minimum atomic E-state index is -4.23. The van der Waals surface area contributed by atoms with Crippen LogP contribution in [-0.4, -0.2) is 24.7 Å². The second kappa shape index (κ2) is 6.18. The van der Waals surface area contributed by atoms with Crippen LogP contribution in [0.3, 0.4) is 0 Å². The molecular formula is C15H18F3NOS. The molecule has 0 bridgehead atoms. The van der Waals surface area contributed by atoms with Gasteiger partial charge in [0.2, 0.25) is 0 Å². The Labute approximate surface area is 126 Å². The quantitative estimate of drug-likeness (QED) is 0.825. The van der Waals surface area contributed by atoms with E-state index in [2.05, 4.69) is 5.32 Å². The molecule has 1 heterocycles. The highest BCUT2D eigenvalue weighted by molar-refractivity contribution is 8.00. The van der Waals surface area contributed by atoms with Crippen molar-refractivity contribution >= 4 is 11.8 Å². The molecule has 1 aromatic rings. The molecule has 1 saturated heterocycles. The topological polar surface area (TPSA) is 21.3 Å². The van der Waals surface area contributed by atoms with E-state index in [1.807, 2.05) is 0 Å². The van der Waals surface area contributed by atoms with Crippen LogP contribution in [0.4, 0.5) is 13.2 Å². The number of hydrogen-bond donors (Lipinski definition) is 1. The van der Waals surface area contributed by atoms with E-state index in [1.54, 1.807) is 12.1 Å². The molecule has 1 aromatic carbocycles. The molecule has 1 aliphatic carbocycles. The maximum atomic E-state index is 12.3. The fourth-order valence-electron chi connectivity index (χ4n) is 2.68. The Hall–Kier alpha value is -0.720. The second-order valence-electron chi connectivity index (χ2n) is 5.64. The van der Waals surface area contributed by atoms with Gasteiger partial charge in [0, 0.05) is 30.0 Å². The molecule has 0 radical (unpaired) electrons. The van der Waals surface area contributed by atoms with E-state index in [0.717, 1.165) is 25.1 Å². The molecule has 2 fully saturated rings. The molecule has 6 heteroatoms. The zero-order valence-electron chi connectivity index (χ0n) is 11.5. The summed E-state index contributed by atoms with van der Waals surface area (Å²) in [6, 6.07) is 7.24. The van der Waals surface area contributed by atoms with Gasteiger partial charge in [-0.05, 0) is 48.7 Å². The highest BCUT2D eigenvalue weighted by Gasteiger charge is 2.32. The van der Waals surface area contributed by atoms with Crippen LogP contribution in [0.2, 0.25) is 0 Å². The van der Waals surface area contributed by atoms with Gasteiger partial charge in [0.15, 0.2) is 0 Å². The SMILES string of the molecule is FC(F)(F)Sc1ccc(C2OCCC2CNC2CC2)cc1. The summed E-state index contributed by atoms with van der Waals surface area (Å²) in [5, 5.41) is 3.51. The van der Waals surface area contributed by atoms with Gasteiger partial charge in [-0.3, -0.25) is 0 Å². The lowest BCUT2D eigenvalue weighted by Gasteiger charge is -2.19. The summed E-state index contributed by atoms with van der Waals surface area (Å²) in [4.78, 5) is 0.219. The molecule has 0 spiro atoms. The Balaban J connectivity index is 1.61. The number of benzene rings is 1. The van der Waals surface area contributed by atoms with Gasteiger partial charge in [-0.15, -0.1) is 0 Å². The van der Waals surface area contributed by atoms with E-state index in [0.29, 0.717) is 12.0 Å². The van der Waals surface area contributed by atoms with Crippen LogP contribution >= 0.6 is 11.8 Å². The molecule has 0 aromatic heterocycles. The van der Waals surface area contributed by atoms with Crippen LogP contribution in [-0.2, 0) is 4.74 Å². The van der Waals surface area contributed by atoms with Gasteiger partial charge in [-0.1, -0.05) is 12.1 Å². The fourth-order valence-corrected chi connectivity index (χ4v) is 3.22. The van der Waals surface area contributed by atoms with Crippen LogP contribution in [0.25, 0.3) is 0 Å². The van der Waals surface area contributed by atoms with Crippen LogP contribution in [0, 0.1) is 5.92 Å². The van der Waals surface area contributed by atoms with Crippen molar-refractivity contribution in [3.63, 3.8) is 0 Å². The summed E-state index contributed by atoms with van der Waals surface area (Å²) in [7, 11) is 0. The van der Waals surface area contributed by atoms with Crippen molar-refractivity contribution in [2.24, 2.45) is 5.92 Å². The van der Waals surface area contributed by atoms with E-state index in [9.17, 15) is 13.2 Å². The Morgan fingerprint density at radius 1 is 1.14 bits per heavy atom. The maximum absolute atomic E-state index is 12.3. The Morgan fingerprint density at radius 2 is 1.86 bits per heavy atom. The molecule has 1 N–H and O–H groups in total. The third kappa shape index (κ3) is 4.37. The zero-order valence-corrected chi connectivity index (χ0v) is 12.3. The lowest BCUT2D eigenvalue weighted by molar-refractivity contribution is -0.0328. The number of hydrogen-bond acceptors (Lipinski definition) is 3. The van der Waals surface area contributed by atoms with Gasteiger partial charge in [0.1, 0.15) is 0 Å². The molecule has 1 aliphatic heterocycles. The van der Waals surface area contributed by atoms with Crippen molar-refractivity contribution in [3.8, 4) is 0 Å². The van der Waals surface area contributed by atoms with Gasteiger partial charge >= 0.3 is 5.51 Å². The van der Waals surface area contributed by atoms with Gasteiger partial charge in [0.05, 0.1) is 6.10 Å². The summed E-state index contributed by atoms with van der Waals surface area (Å²) in [5.74, 6) is 0.409. The van der Waals surface area contributed by atoms with E-state index < -0.39 is 5.51 Å². The van der Waals surface area contributed by atoms with E-state index in [4.69, 9.17) is 4.74 Å². The standard InChI is InChI=1S/C15H18F3NOS/c16-15(17,18)21-13-5-1-10(2-6-13)14-11(7-8-20-14)9-19-12-3-4-12/h1-2,5-6,11-12,14,19H,3-4,7-9H2. The summed E-state index contributed by atoms with van der Waals surface area (Å²) in [6.45, 7) is 1.65. The molecule has 116 valence electrons. The first-order valence-electron chi connectivity index (χ1n) is 7.22. The largest absolute Gasteiger partial charge is 0.446 e. The smallest absolute Gasteiger partial charge is 0.373 e. The highest BCUT2D eigenvalue weighted by Crippen LogP contribution is 2.39. The number of alkyl halides is 3. The summed E-state index contributed by atoms with van der Waals surface area (Å²) >= 11 is -0.0779. The van der Waals surface area contributed by atoms with Gasteiger partial charge in [0.25, 0.3) is 0 Å². The monoisotopic (exact) mass is 317 g/mol. The van der Waals surface area contributed by atoms with Crippen LogP contribution in [0.5, 0.6) is 0 Å². The lowest BCUT2D eigenvalue weighted by Crippen LogP contribution is -2.26. The molecular weight excluding hydrogens is 299 g/mol. The van der Waals surface area contributed by atoms with Crippen molar-refractivity contribution in [1.29, 1.82) is 0 Å². The first kappa shape index (κ1) is 15.2. The molecule has 0 amide bonds. The normalized spacial score (nSPS) is 26.2. The van der Waals surface area contributed by atoms with Gasteiger partial charge in [-0.2, -0.15) is 13.2 Å². The van der Waals surface area contributed by atoms with Gasteiger partial charge in [-0.25, -0.2) is 0 Å². The third-order valence-electron chi connectivity index (χ3n) is 3.90. The Morgan fingerprint density at radius 3 is 2.48 bits per heavy atom. The number of nitrogens with one attached hydrogen (secondary N) is 1. The van der Waals surface area contributed by atoms with E-state index >= 15 is 0 Å². The van der Waals surface area contributed by atoms with Crippen molar-refractivity contribution in [2.75, 3.05) is 13.2 Å². The average Bonchev–Trinajstić information content (AvgIpc) is 3.13. The molecule has 21 heavy (non-hydrogen) atoms. The number of rotatable bonds is 5. The van der Waals surface area contributed by atoms with Crippen molar-refractivity contribution in [3.05, 3.63) is 29.8 Å². The van der Waals surface area contributed by atoms with Crippen molar-refractivity contribution in [1.82, 2.24) is 5.32 Å². The minimum absolute atomic E-state index is 0.00110. The van der Waals surface area contributed by atoms with Crippen LogP contribution in [0.15, 0.2) is 29.2 Å². The van der Waals surface area contributed by atoms with Crippen molar-refractivity contribution < 1.29 is 17.9 Å². The summed E-state index contributed by atoms with van der Waals surface area (Å²) in [6.07, 6.45) is 3.51. The first-order valence-corrected chi connectivity index (χ1v) is 8.03. The number of halogens is 3. The Bertz CT molecular complexity index is 473. The molecule has 2 unspecified atom stereocenters. The maximum Gasteiger partial charge on any atom is 0.446 e. The third-order valence-corrected chi connectivity index (χ3v) is 4.64. The predicted molar refractivity (Wildman–Crippen MR) is 76.2 cm³/mol. The van der Waals surface area contributed by atoms with Crippen molar-refractivity contribution in [2.45, 2.75) is 41.8 Å². The van der Waals surface area contributed by atoms with E-state index in [1.165, 1.54) is 25.0 Å². The summed E-state index contributed by atoms with van der Waals surface area (Å²) in [5.41, 5.74) is -3.26. The molecule has 2 aliphatic rings. The average molecular weight is 317 g/mol. The highest BCUT2D eigenvalue weighted by atomic mass is 32.2. The Kier molecular flexibility index (Phi) is 4.47. The molecule has 2 nitrogen and oxygen atoms in total. The minimum Gasteiger partial charge on any atom is -0.373 e. The zero-order chi connectivity index (χ0) is 14.9. The van der Waals surface area contributed by atoms with E-state index in [-0.39, 0.29) is 22.8 Å². The molecule has 3 rings (SSSR count). The fraction of sp³-hybridized carbons (Fsp3) is 0.600. The second-order valence-corrected chi connectivity index (χ2v) is 6.78. The predicted octanol–water partition coefficient (Wildman–Crippen LogP) is 4.13. The first-order chi connectivity index (χ1) is 10.0. The summed E-state index contributed by atoms with van der Waals surface area (Å²) < 4.78 is 42.7. The lowest BCUT2D eigenvalue weighted by atomic mass is 9.95. The number of thioether (sulfide) groups is 1.